The van der Waals surface area contributed by atoms with Crippen molar-refractivity contribution in [1.82, 2.24) is 4.90 Å². The van der Waals surface area contributed by atoms with E-state index in [1.165, 1.54) is 0 Å². The van der Waals surface area contributed by atoms with Gasteiger partial charge in [0.2, 0.25) is 5.91 Å². The van der Waals surface area contributed by atoms with Gasteiger partial charge in [-0.1, -0.05) is 18.2 Å². The van der Waals surface area contributed by atoms with Gasteiger partial charge in [0.25, 0.3) is 15.9 Å². The maximum atomic E-state index is 12.7. The van der Waals surface area contributed by atoms with Crippen LogP contribution in [0.2, 0.25) is 0 Å². The largest absolute Gasteiger partial charge is 0.338 e. The monoisotopic (exact) mass is 477 g/mol. The van der Waals surface area contributed by atoms with Gasteiger partial charge in [0.05, 0.1) is 4.90 Å². The van der Waals surface area contributed by atoms with Crippen molar-refractivity contribution < 1.29 is 18.0 Å². The van der Waals surface area contributed by atoms with Crippen LogP contribution < -0.4 is 10.0 Å². The number of carbonyl (C=O) groups is 2. The lowest BCUT2D eigenvalue weighted by Crippen LogP contribution is -2.23. The molecule has 4 rings (SSSR count). The zero-order chi connectivity index (χ0) is 24.3. The fourth-order valence-corrected chi connectivity index (χ4v) is 4.97. The van der Waals surface area contributed by atoms with E-state index < -0.39 is 10.0 Å². The predicted molar refractivity (Wildman–Crippen MR) is 132 cm³/mol. The van der Waals surface area contributed by atoms with Gasteiger partial charge in [-0.3, -0.25) is 14.3 Å². The number of carbonyl (C=O) groups excluding carboxylic acids is 2. The lowest BCUT2D eigenvalue weighted by molar-refractivity contribution is -0.128. The highest BCUT2D eigenvalue weighted by atomic mass is 32.2. The molecule has 8 heteroatoms. The predicted octanol–water partition coefficient (Wildman–Crippen LogP) is 4.48. The van der Waals surface area contributed by atoms with Crippen molar-refractivity contribution in [1.29, 1.82) is 0 Å². The lowest BCUT2D eigenvalue weighted by Gasteiger charge is -2.16. The van der Waals surface area contributed by atoms with Gasteiger partial charge in [0, 0.05) is 36.4 Å². The molecular formula is C26H27N3O4S. The first-order valence-electron chi connectivity index (χ1n) is 11.1. The van der Waals surface area contributed by atoms with Gasteiger partial charge < -0.3 is 10.2 Å². The zero-order valence-electron chi connectivity index (χ0n) is 19.2. The molecule has 176 valence electrons. The summed E-state index contributed by atoms with van der Waals surface area (Å²) in [6.07, 6.45) is 1.47. The number of hydrogen-bond acceptors (Lipinski definition) is 4. The summed E-state index contributed by atoms with van der Waals surface area (Å²) in [6.45, 7) is 5.07. The van der Waals surface area contributed by atoms with Crippen LogP contribution >= 0.6 is 0 Å². The first-order valence-corrected chi connectivity index (χ1v) is 12.6. The van der Waals surface area contributed by atoms with E-state index in [9.17, 15) is 18.0 Å². The van der Waals surface area contributed by atoms with E-state index in [4.69, 9.17) is 0 Å². The molecule has 0 spiro atoms. The number of hydrogen-bond donors (Lipinski definition) is 2. The SMILES string of the molecule is Cc1ccc(S(=O)(=O)Nc2ccc(C(=O)Nc3cccc(CN4CCCC4=O)c3)cc2)cc1C. The number of nitrogens with zero attached hydrogens (tertiary/aromatic N) is 1. The fourth-order valence-electron chi connectivity index (χ4n) is 3.83. The number of nitrogens with one attached hydrogen (secondary N) is 2. The van der Waals surface area contributed by atoms with E-state index in [0.717, 1.165) is 29.7 Å². The van der Waals surface area contributed by atoms with Crippen LogP contribution in [-0.4, -0.2) is 31.7 Å². The van der Waals surface area contributed by atoms with Gasteiger partial charge in [0.1, 0.15) is 0 Å². The quantitative estimate of drug-likeness (QED) is 0.525. The first-order chi connectivity index (χ1) is 16.2. The van der Waals surface area contributed by atoms with Gasteiger partial charge in [-0.05, 0) is 85.5 Å². The third-order valence-corrected chi connectivity index (χ3v) is 7.30. The van der Waals surface area contributed by atoms with E-state index in [0.29, 0.717) is 29.9 Å². The van der Waals surface area contributed by atoms with Crippen LogP contribution in [0.15, 0.2) is 71.6 Å². The molecule has 1 heterocycles. The average molecular weight is 478 g/mol. The minimum atomic E-state index is -3.73. The van der Waals surface area contributed by atoms with Crippen molar-refractivity contribution in [2.24, 2.45) is 0 Å². The standard InChI is InChI=1S/C26H27N3O4S/c1-18-8-13-24(15-19(18)2)34(32,33)28-22-11-9-21(10-12-22)26(31)27-23-6-3-5-20(16-23)17-29-14-4-7-25(29)30/h3,5-6,8-13,15-16,28H,4,7,14,17H2,1-2H3,(H,27,31). The minimum Gasteiger partial charge on any atom is -0.338 e. The molecule has 0 bridgehead atoms. The summed E-state index contributed by atoms with van der Waals surface area (Å²) < 4.78 is 27.9. The number of amides is 2. The van der Waals surface area contributed by atoms with Crippen molar-refractivity contribution in [3.05, 3.63) is 89.0 Å². The highest BCUT2D eigenvalue weighted by Gasteiger charge is 2.20. The van der Waals surface area contributed by atoms with Gasteiger partial charge in [-0.2, -0.15) is 0 Å². The Morgan fingerprint density at radius 2 is 1.71 bits per heavy atom. The molecule has 0 unspecified atom stereocenters. The van der Waals surface area contributed by atoms with Crippen molar-refractivity contribution in [2.75, 3.05) is 16.6 Å². The van der Waals surface area contributed by atoms with Crippen molar-refractivity contribution in [2.45, 2.75) is 38.1 Å². The molecule has 0 aliphatic carbocycles. The number of anilines is 2. The second kappa shape index (κ2) is 9.69. The molecule has 0 saturated carbocycles. The highest BCUT2D eigenvalue weighted by Crippen LogP contribution is 2.21. The Balaban J connectivity index is 1.41. The smallest absolute Gasteiger partial charge is 0.261 e. The number of likely N-dealkylation sites (tertiary alicyclic amines) is 1. The molecule has 0 atom stereocenters. The van der Waals surface area contributed by atoms with E-state index >= 15 is 0 Å². The molecule has 34 heavy (non-hydrogen) atoms. The third-order valence-electron chi connectivity index (χ3n) is 5.92. The minimum absolute atomic E-state index is 0.155. The van der Waals surface area contributed by atoms with Crippen molar-refractivity contribution in [3.8, 4) is 0 Å². The van der Waals surface area contributed by atoms with Crippen LogP contribution in [-0.2, 0) is 21.4 Å². The second-order valence-electron chi connectivity index (χ2n) is 8.50. The summed E-state index contributed by atoms with van der Waals surface area (Å²) in [5, 5.41) is 2.86. The second-order valence-corrected chi connectivity index (χ2v) is 10.2. The van der Waals surface area contributed by atoms with E-state index in [1.54, 1.807) is 48.5 Å². The maximum absolute atomic E-state index is 12.7. The lowest BCUT2D eigenvalue weighted by atomic mass is 10.1. The molecule has 1 saturated heterocycles. The van der Waals surface area contributed by atoms with E-state index in [1.807, 2.05) is 36.9 Å². The molecule has 1 aliphatic rings. The normalized spacial score (nSPS) is 13.7. The Morgan fingerprint density at radius 3 is 2.38 bits per heavy atom. The van der Waals surface area contributed by atoms with Gasteiger partial charge in [0.15, 0.2) is 0 Å². The molecule has 7 nitrogen and oxygen atoms in total. The Morgan fingerprint density at radius 1 is 0.941 bits per heavy atom. The Bertz CT molecular complexity index is 1330. The Labute approximate surface area is 199 Å². The molecule has 1 fully saturated rings. The molecule has 2 N–H and O–H groups in total. The van der Waals surface area contributed by atoms with Crippen LogP contribution in [0, 0.1) is 13.8 Å². The highest BCUT2D eigenvalue weighted by molar-refractivity contribution is 7.92. The van der Waals surface area contributed by atoms with E-state index in [-0.39, 0.29) is 16.7 Å². The zero-order valence-corrected chi connectivity index (χ0v) is 20.0. The first kappa shape index (κ1) is 23.5. The van der Waals surface area contributed by atoms with Crippen LogP contribution in [0.25, 0.3) is 0 Å². The van der Waals surface area contributed by atoms with Gasteiger partial charge in [-0.15, -0.1) is 0 Å². The summed E-state index contributed by atoms with van der Waals surface area (Å²) in [6, 6.07) is 18.7. The van der Waals surface area contributed by atoms with Gasteiger partial charge in [-0.25, -0.2) is 8.42 Å². The summed E-state index contributed by atoms with van der Waals surface area (Å²) in [5.41, 5.74) is 4.26. The Kier molecular flexibility index (Phi) is 6.70. The van der Waals surface area contributed by atoms with E-state index in [2.05, 4.69) is 10.0 Å². The maximum Gasteiger partial charge on any atom is 0.261 e. The number of rotatable bonds is 7. The fraction of sp³-hybridized carbons (Fsp3) is 0.231. The molecule has 1 aliphatic heterocycles. The van der Waals surface area contributed by atoms with Crippen LogP contribution in [0.1, 0.15) is 39.9 Å². The summed E-state index contributed by atoms with van der Waals surface area (Å²) in [4.78, 5) is 26.6. The molecule has 0 radical (unpaired) electrons. The third kappa shape index (κ3) is 5.46. The van der Waals surface area contributed by atoms with Crippen LogP contribution in [0.5, 0.6) is 0 Å². The Hall–Kier alpha value is -3.65. The molecule has 0 aromatic heterocycles. The summed E-state index contributed by atoms with van der Waals surface area (Å²) in [7, 11) is -3.73. The molecular weight excluding hydrogens is 450 g/mol. The summed E-state index contributed by atoms with van der Waals surface area (Å²) in [5.74, 6) is -0.152. The average Bonchev–Trinajstić information content (AvgIpc) is 3.20. The van der Waals surface area contributed by atoms with Crippen LogP contribution in [0.4, 0.5) is 11.4 Å². The molecule has 3 aromatic carbocycles. The van der Waals surface area contributed by atoms with Gasteiger partial charge >= 0.3 is 0 Å². The van der Waals surface area contributed by atoms with Crippen LogP contribution in [0.3, 0.4) is 0 Å². The molecule has 3 aromatic rings. The van der Waals surface area contributed by atoms with Crippen molar-refractivity contribution >= 4 is 33.2 Å². The number of benzene rings is 3. The summed E-state index contributed by atoms with van der Waals surface area (Å²) >= 11 is 0. The number of aryl methyl sites for hydroxylation is 2. The number of sulfonamides is 1. The molecule has 2 amide bonds. The topological polar surface area (TPSA) is 95.6 Å². The van der Waals surface area contributed by atoms with Crippen molar-refractivity contribution in [3.63, 3.8) is 0 Å².